The van der Waals surface area contributed by atoms with Gasteiger partial charge in [0.2, 0.25) is 0 Å². The van der Waals surface area contributed by atoms with Crippen LogP contribution >= 0.6 is 0 Å². The van der Waals surface area contributed by atoms with Gasteiger partial charge in [-0.25, -0.2) is 19.4 Å². The van der Waals surface area contributed by atoms with Crippen molar-refractivity contribution in [3.63, 3.8) is 0 Å². The van der Waals surface area contributed by atoms with E-state index in [1.54, 1.807) is 13.0 Å². The summed E-state index contributed by atoms with van der Waals surface area (Å²) in [7, 11) is 0. The maximum absolute atomic E-state index is 12.9. The fourth-order valence-corrected chi connectivity index (χ4v) is 1.74. The Morgan fingerprint density at radius 1 is 1.59 bits per heavy atom. The number of hydrogen-bond donors (Lipinski definition) is 1. The summed E-state index contributed by atoms with van der Waals surface area (Å²) in [5.41, 5.74) is 2.70. The van der Waals surface area contributed by atoms with Gasteiger partial charge in [-0.1, -0.05) is 12.1 Å². The molecule has 8 nitrogen and oxygen atoms in total. The van der Waals surface area contributed by atoms with Crippen molar-refractivity contribution in [1.29, 1.82) is 0 Å². The number of hydrogen-bond acceptors (Lipinski definition) is 5. The molecule has 0 bridgehead atoms. The zero-order chi connectivity index (χ0) is 16.1. The fraction of sp³-hybridized carbons (Fsp3) is 0.154. The van der Waals surface area contributed by atoms with Crippen molar-refractivity contribution in [3.05, 3.63) is 57.8 Å². The second kappa shape index (κ2) is 6.57. The molecule has 114 valence electrons. The lowest BCUT2D eigenvalue weighted by atomic mass is 10.2. The average Bonchev–Trinajstić information content (AvgIpc) is 2.80. The molecule has 1 heterocycles. The standard InChI is InChI=1S/C13H12FN5O3/c1-9-15-7-13(19(21)22)18(9)8-12(20)17-16-6-10-3-2-4-11(14)5-10/h2-7H,8H2,1H3,(H,17,20)/b16-6+. The molecule has 0 unspecified atom stereocenters. The van der Waals surface area contributed by atoms with E-state index in [0.29, 0.717) is 11.4 Å². The SMILES string of the molecule is Cc1ncc([N+](=O)[O-])n1CC(=O)N/N=C/c1cccc(F)c1. The lowest BCUT2D eigenvalue weighted by Gasteiger charge is -2.01. The molecule has 22 heavy (non-hydrogen) atoms. The predicted molar refractivity (Wildman–Crippen MR) is 75.8 cm³/mol. The van der Waals surface area contributed by atoms with Crippen LogP contribution in [0.5, 0.6) is 0 Å². The Bertz CT molecular complexity index is 741. The number of nitrogens with one attached hydrogen (secondary N) is 1. The number of amides is 1. The topological polar surface area (TPSA) is 102 Å². The predicted octanol–water partition coefficient (Wildman–Crippen LogP) is 1.39. The zero-order valence-corrected chi connectivity index (χ0v) is 11.6. The third-order valence-electron chi connectivity index (χ3n) is 2.77. The highest BCUT2D eigenvalue weighted by atomic mass is 19.1. The van der Waals surface area contributed by atoms with Crippen molar-refractivity contribution in [2.45, 2.75) is 13.5 Å². The first-order valence-electron chi connectivity index (χ1n) is 6.21. The summed E-state index contributed by atoms with van der Waals surface area (Å²) in [5.74, 6) is -0.908. The number of carbonyl (C=O) groups is 1. The number of imidazole rings is 1. The van der Waals surface area contributed by atoms with Gasteiger partial charge in [-0.3, -0.25) is 4.79 Å². The minimum Gasteiger partial charge on any atom is -0.358 e. The van der Waals surface area contributed by atoms with E-state index in [4.69, 9.17) is 0 Å². The van der Waals surface area contributed by atoms with Crippen LogP contribution < -0.4 is 5.43 Å². The van der Waals surface area contributed by atoms with Gasteiger partial charge in [0.05, 0.1) is 6.21 Å². The normalized spacial score (nSPS) is 10.8. The van der Waals surface area contributed by atoms with Crippen LogP contribution in [0.2, 0.25) is 0 Å². The summed E-state index contributed by atoms with van der Waals surface area (Å²) in [4.78, 5) is 25.7. The average molecular weight is 305 g/mol. The highest BCUT2D eigenvalue weighted by Gasteiger charge is 2.19. The van der Waals surface area contributed by atoms with E-state index < -0.39 is 16.6 Å². The molecule has 0 spiro atoms. The van der Waals surface area contributed by atoms with E-state index in [1.807, 2.05) is 0 Å². The Hall–Kier alpha value is -3.10. The molecule has 2 aromatic rings. The Kier molecular flexibility index (Phi) is 4.57. The lowest BCUT2D eigenvalue weighted by Crippen LogP contribution is -2.24. The minimum atomic E-state index is -0.622. The Morgan fingerprint density at radius 3 is 3.05 bits per heavy atom. The minimum absolute atomic E-state index is 0.276. The monoisotopic (exact) mass is 305 g/mol. The van der Waals surface area contributed by atoms with Crippen LogP contribution in [0.25, 0.3) is 0 Å². The maximum atomic E-state index is 12.9. The number of hydrazone groups is 1. The first-order chi connectivity index (χ1) is 10.5. The van der Waals surface area contributed by atoms with Gasteiger partial charge in [-0.15, -0.1) is 0 Å². The van der Waals surface area contributed by atoms with Crippen LogP contribution in [0.3, 0.4) is 0 Å². The molecule has 1 aromatic heterocycles. The molecule has 0 saturated heterocycles. The maximum Gasteiger partial charge on any atom is 0.343 e. The molecule has 0 fully saturated rings. The number of halogens is 1. The summed E-state index contributed by atoms with van der Waals surface area (Å²) in [5, 5.41) is 14.5. The van der Waals surface area contributed by atoms with Gasteiger partial charge in [0, 0.05) is 6.92 Å². The zero-order valence-electron chi connectivity index (χ0n) is 11.6. The summed E-state index contributed by atoms with van der Waals surface area (Å²) in [6.45, 7) is 1.26. The highest BCUT2D eigenvalue weighted by molar-refractivity contribution is 5.82. The summed E-state index contributed by atoms with van der Waals surface area (Å²) < 4.78 is 14.1. The number of nitrogens with zero attached hydrogens (tertiary/aromatic N) is 4. The third kappa shape index (κ3) is 3.72. The highest BCUT2D eigenvalue weighted by Crippen LogP contribution is 2.12. The summed E-state index contributed by atoms with van der Waals surface area (Å²) in [6.07, 6.45) is 2.36. The van der Waals surface area contributed by atoms with Gasteiger partial charge in [-0.05, 0) is 22.6 Å². The van der Waals surface area contributed by atoms with Crippen LogP contribution in [0.4, 0.5) is 10.2 Å². The van der Waals surface area contributed by atoms with Crippen molar-refractivity contribution < 1.29 is 14.1 Å². The van der Waals surface area contributed by atoms with E-state index >= 15 is 0 Å². The first kappa shape index (κ1) is 15.3. The number of rotatable bonds is 5. The van der Waals surface area contributed by atoms with Crippen LogP contribution in [0.1, 0.15) is 11.4 Å². The number of carbonyl (C=O) groups excluding carboxylic acids is 1. The van der Waals surface area contributed by atoms with Gasteiger partial charge in [0.15, 0.2) is 12.4 Å². The molecule has 9 heteroatoms. The van der Waals surface area contributed by atoms with Crippen molar-refractivity contribution >= 4 is 17.9 Å². The molecule has 0 aliphatic heterocycles. The van der Waals surface area contributed by atoms with Gasteiger partial charge in [0.25, 0.3) is 5.91 Å². The van der Waals surface area contributed by atoms with E-state index in [9.17, 15) is 19.3 Å². The smallest absolute Gasteiger partial charge is 0.343 e. The van der Waals surface area contributed by atoms with Gasteiger partial charge >= 0.3 is 5.82 Å². The van der Waals surface area contributed by atoms with Gasteiger partial charge in [0.1, 0.15) is 12.0 Å². The van der Waals surface area contributed by atoms with Crippen molar-refractivity contribution in [2.75, 3.05) is 0 Å². The molecule has 0 aliphatic carbocycles. The molecule has 0 atom stereocenters. The molecule has 0 saturated carbocycles. The van der Waals surface area contributed by atoms with Crippen LogP contribution in [-0.4, -0.2) is 26.6 Å². The number of nitro groups is 1. The first-order valence-corrected chi connectivity index (χ1v) is 6.21. The second-order valence-electron chi connectivity index (χ2n) is 4.36. The van der Waals surface area contributed by atoms with E-state index in [2.05, 4.69) is 15.5 Å². The van der Waals surface area contributed by atoms with Crippen molar-refractivity contribution in [3.8, 4) is 0 Å². The molecule has 0 radical (unpaired) electrons. The molecule has 0 aliphatic rings. The summed E-state index contributed by atoms with van der Waals surface area (Å²) >= 11 is 0. The van der Waals surface area contributed by atoms with Crippen molar-refractivity contribution in [1.82, 2.24) is 15.0 Å². The van der Waals surface area contributed by atoms with E-state index in [-0.39, 0.29) is 12.4 Å². The van der Waals surface area contributed by atoms with E-state index in [0.717, 1.165) is 10.8 Å². The third-order valence-corrected chi connectivity index (χ3v) is 2.77. The van der Waals surface area contributed by atoms with Crippen LogP contribution in [0.15, 0.2) is 35.6 Å². The quantitative estimate of drug-likeness (QED) is 0.512. The van der Waals surface area contributed by atoms with Gasteiger partial charge in [-0.2, -0.15) is 5.10 Å². The number of benzene rings is 1. The molecule has 2 rings (SSSR count). The molecular weight excluding hydrogens is 293 g/mol. The van der Waals surface area contributed by atoms with Crippen molar-refractivity contribution in [2.24, 2.45) is 5.10 Å². The Balaban J connectivity index is 1.99. The molecule has 1 aromatic carbocycles. The number of aryl methyl sites for hydroxylation is 1. The summed E-state index contributed by atoms with van der Waals surface area (Å²) in [6, 6.07) is 5.66. The molecule has 1 N–H and O–H groups in total. The Labute approximate surface area is 124 Å². The van der Waals surface area contributed by atoms with Crippen LogP contribution in [0, 0.1) is 22.9 Å². The number of aromatic nitrogens is 2. The van der Waals surface area contributed by atoms with Gasteiger partial charge < -0.3 is 10.1 Å². The van der Waals surface area contributed by atoms with Crippen LogP contribution in [-0.2, 0) is 11.3 Å². The Morgan fingerprint density at radius 2 is 2.36 bits per heavy atom. The second-order valence-corrected chi connectivity index (χ2v) is 4.36. The lowest BCUT2D eigenvalue weighted by molar-refractivity contribution is -0.392. The molecular formula is C13H12FN5O3. The largest absolute Gasteiger partial charge is 0.358 e. The molecule has 1 amide bonds. The fourth-order valence-electron chi connectivity index (χ4n) is 1.74. The van der Waals surface area contributed by atoms with E-state index in [1.165, 1.54) is 24.4 Å².